The summed E-state index contributed by atoms with van der Waals surface area (Å²) in [5.74, 6) is 0.767. The van der Waals surface area contributed by atoms with Gasteiger partial charge in [0.25, 0.3) is 0 Å². The zero-order chi connectivity index (χ0) is 15.4. The molecule has 2 N–H and O–H groups in total. The number of rotatable bonds is 2. The maximum atomic E-state index is 12.9. The average Bonchev–Trinajstić information content (AvgIpc) is 2.97. The summed E-state index contributed by atoms with van der Waals surface area (Å²) in [4.78, 5) is 0.428. The van der Waals surface area contributed by atoms with Crippen molar-refractivity contribution >= 4 is 38.4 Å². The normalized spacial score (nSPS) is 28.5. The van der Waals surface area contributed by atoms with Crippen LogP contribution < -0.4 is 5.73 Å². The van der Waals surface area contributed by atoms with E-state index in [0.717, 1.165) is 28.4 Å². The van der Waals surface area contributed by atoms with Crippen LogP contribution in [0.25, 0.3) is 0 Å². The van der Waals surface area contributed by atoms with Gasteiger partial charge < -0.3 is 5.73 Å². The second kappa shape index (κ2) is 6.40. The van der Waals surface area contributed by atoms with E-state index in [1.54, 1.807) is 10.4 Å². The highest BCUT2D eigenvalue weighted by Crippen LogP contribution is 2.39. The Morgan fingerprint density at radius 2 is 1.86 bits per heavy atom. The molecule has 0 amide bonds. The molecule has 7 heteroatoms. The molecule has 1 aromatic rings. The summed E-state index contributed by atoms with van der Waals surface area (Å²) >= 11 is 3.45. The maximum absolute atomic E-state index is 12.9. The lowest BCUT2D eigenvalue weighted by molar-refractivity contribution is 0.427. The molecule has 0 aromatic heterocycles. The molecule has 1 saturated carbocycles. The number of benzene rings is 1. The van der Waals surface area contributed by atoms with Gasteiger partial charge >= 0.3 is 0 Å². The summed E-state index contributed by atoms with van der Waals surface area (Å²) in [6, 6.07) is 3.80. The summed E-state index contributed by atoms with van der Waals surface area (Å²) in [7, 11) is -3.42. The summed E-state index contributed by atoms with van der Waals surface area (Å²) < 4.78 is 28.4. The highest BCUT2D eigenvalue weighted by molar-refractivity contribution is 9.10. The molecule has 1 saturated heterocycles. The second-order valence-electron chi connectivity index (χ2n) is 6.35. The Labute approximate surface area is 147 Å². The Kier molecular flexibility index (Phi) is 5.29. The monoisotopic (exact) mass is 408 g/mol. The van der Waals surface area contributed by atoms with Crippen LogP contribution in [0.4, 0.5) is 0 Å². The quantitative estimate of drug-likeness (QED) is 0.817. The molecule has 2 aliphatic rings. The van der Waals surface area contributed by atoms with Gasteiger partial charge in [-0.15, -0.1) is 12.4 Å². The van der Waals surface area contributed by atoms with Gasteiger partial charge in [0.1, 0.15) is 0 Å². The fraction of sp³-hybridized carbons (Fsp3) is 0.600. The van der Waals surface area contributed by atoms with Crippen LogP contribution >= 0.6 is 28.3 Å². The van der Waals surface area contributed by atoms with E-state index in [9.17, 15) is 8.42 Å². The number of fused-ring (bicyclic) bond motifs is 1. The summed E-state index contributed by atoms with van der Waals surface area (Å²) in [5, 5.41) is 0. The molecule has 1 aromatic carbocycles. The maximum Gasteiger partial charge on any atom is 0.243 e. The number of sulfonamides is 1. The van der Waals surface area contributed by atoms with Crippen LogP contribution in [0.3, 0.4) is 0 Å². The fourth-order valence-corrected chi connectivity index (χ4v) is 5.92. The molecule has 2 fully saturated rings. The molecule has 124 valence electrons. The zero-order valence-electron chi connectivity index (χ0n) is 12.8. The first kappa shape index (κ1) is 18.2. The Balaban J connectivity index is 0.00000176. The lowest BCUT2D eigenvalue weighted by Crippen LogP contribution is -2.33. The molecule has 3 rings (SSSR count). The molecule has 1 heterocycles. The third kappa shape index (κ3) is 2.96. The molecule has 22 heavy (non-hydrogen) atoms. The number of hydrogen-bond acceptors (Lipinski definition) is 3. The molecule has 0 radical (unpaired) electrons. The Morgan fingerprint density at radius 1 is 1.18 bits per heavy atom. The number of aryl methyl sites for hydroxylation is 2. The topological polar surface area (TPSA) is 63.4 Å². The predicted molar refractivity (Wildman–Crippen MR) is 93.8 cm³/mol. The molecule has 3 atom stereocenters. The van der Waals surface area contributed by atoms with Crippen LogP contribution in [0.15, 0.2) is 21.5 Å². The second-order valence-corrected chi connectivity index (χ2v) is 9.11. The smallest absolute Gasteiger partial charge is 0.243 e. The van der Waals surface area contributed by atoms with Crippen LogP contribution in [0, 0.1) is 25.7 Å². The van der Waals surface area contributed by atoms with E-state index in [4.69, 9.17) is 5.73 Å². The van der Waals surface area contributed by atoms with Gasteiger partial charge in [0, 0.05) is 23.6 Å². The van der Waals surface area contributed by atoms with Crippen molar-refractivity contribution < 1.29 is 8.42 Å². The highest BCUT2D eigenvalue weighted by atomic mass is 79.9. The van der Waals surface area contributed by atoms with E-state index in [0.29, 0.717) is 29.8 Å². The van der Waals surface area contributed by atoms with Gasteiger partial charge in [0.15, 0.2) is 0 Å². The fourth-order valence-electron chi connectivity index (χ4n) is 3.63. The van der Waals surface area contributed by atoms with Gasteiger partial charge in [-0.25, -0.2) is 8.42 Å². The van der Waals surface area contributed by atoms with Crippen molar-refractivity contribution in [1.29, 1.82) is 0 Å². The van der Waals surface area contributed by atoms with Crippen LogP contribution in [-0.2, 0) is 10.0 Å². The largest absolute Gasteiger partial charge is 0.327 e. The van der Waals surface area contributed by atoms with E-state index in [1.165, 1.54) is 0 Å². The van der Waals surface area contributed by atoms with Crippen molar-refractivity contribution in [1.82, 2.24) is 4.31 Å². The third-order valence-corrected chi connectivity index (χ3v) is 7.78. The summed E-state index contributed by atoms with van der Waals surface area (Å²) in [6.45, 7) is 4.95. The van der Waals surface area contributed by atoms with Crippen LogP contribution in [0.2, 0.25) is 0 Å². The number of halogens is 2. The van der Waals surface area contributed by atoms with E-state index in [2.05, 4.69) is 15.9 Å². The van der Waals surface area contributed by atoms with Crippen LogP contribution in [0.5, 0.6) is 0 Å². The lowest BCUT2D eigenvalue weighted by atomic mass is 9.98. The minimum atomic E-state index is -3.42. The van der Waals surface area contributed by atoms with Crippen molar-refractivity contribution in [2.45, 2.75) is 37.6 Å². The highest BCUT2D eigenvalue weighted by Gasteiger charge is 2.45. The summed E-state index contributed by atoms with van der Waals surface area (Å²) in [5.41, 5.74) is 7.84. The standard InChI is InChI=1S/C15H21BrN2O2S.ClH/c1-9-6-15(10(2)5-13(9)16)21(19,20)18-7-11-3-4-14(17)12(11)8-18;/h5-6,11-12,14H,3-4,7-8,17H2,1-2H3;1H. The molecule has 3 unspecified atom stereocenters. The Morgan fingerprint density at radius 3 is 2.50 bits per heavy atom. The van der Waals surface area contributed by atoms with Crippen molar-refractivity contribution in [3.05, 3.63) is 27.7 Å². The SMILES string of the molecule is Cc1cc(S(=O)(=O)N2CC3CCC(N)C3C2)c(C)cc1Br.Cl. The van der Waals surface area contributed by atoms with E-state index >= 15 is 0 Å². The van der Waals surface area contributed by atoms with Crippen LogP contribution in [0.1, 0.15) is 24.0 Å². The molecule has 4 nitrogen and oxygen atoms in total. The predicted octanol–water partition coefficient (Wildman–Crippen LogP) is 2.85. The van der Waals surface area contributed by atoms with Gasteiger partial charge in [0.2, 0.25) is 10.0 Å². The van der Waals surface area contributed by atoms with Gasteiger partial charge in [-0.2, -0.15) is 4.31 Å². The minimum Gasteiger partial charge on any atom is -0.327 e. The first-order chi connectivity index (χ1) is 9.80. The molecule has 0 spiro atoms. The van der Waals surface area contributed by atoms with Gasteiger partial charge in [-0.3, -0.25) is 0 Å². The molecular weight excluding hydrogens is 388 g/mol. The van der Waals surface area contributed by atoms with Gasteiger partial charge in [0.05, 0.1) is 4.90 Å². The van der Waals surface area contributed by atoms with E-state index in [-0.39, 0.29) is 18.4 Å². The van der Waals surface area contributed by atoms with Crippen molar-refractivity contribution in [2.75, 3.05) is 13.1 Å². The first-order valence-corrected chi connectivity index (χ1v) is 9.56. The lowest BCUT2D eigenvalue weighted by Gasteiger charge is -2.20. The van der Waals surface area contributed by atoms with Gasteiger partial charge in [-0.1, -0.05) is 15.9 Å². The number of nitrogens with zero attached hydrogens (tertiary/aromatic N) is 1. The molecule has 0 bridgehead atoms. The Hall–Kier alpha value is -0.140. The van der Waals surface area contributed by atoms with E-state index in [1.807, 2.05) is 19.9 Å². The first-order valence-electron chi connectivity index (χ1n) is 7.33. The molecular formula is C15H22BrClN2O2S. The number of nitrogens with two attached hydrogens (primary N) is 1. The van der Waals surface area contributed by atoms with Crippen LogP contribution in [-0.4, -0.2) is 31.9 Å². The molecule has 1 aliphatic heterocycles. The minimum absolute atomic E-state index is 0. The summed E-state index contributed by atoms with van der Waals surface area (Å²) in [6.07, 6.45) is 2.08. The van der Waals surface area contributed by atoms with Crippen molar-refractivity contribution in [2.24, 2.45) is 17.6 Å². The van der Waals surface area contributed by atoms with Crippen molar-refractivity contribution in [3.63, 3.8) is 0 Å². The average molecular weight is 410 g/mol. The molecule has 1 aliphatic carbocycles. The number of hydrogen-bond donors (Lipinski definition) is 1. The van der Waals surface area contributed by atoms with E-state index < -0.39 is 10.0 Å². The third-order valence-electron chi connectivity index (χ3n) is 4.95. The Bertz CT molecular complexity index is 680. The zero-order valence-corrected chi connectivity index (χ0v) is 16.0. The van der Waals surface area contributed by atoms with Crippen molar-refractivity contribution in [3.8, 4) is 0 Å². The van der Waals surface area contributed by atoms with Gasteiger partial charge in [-0.05, 0) is 61.8 Å².